The van der Waals surface area contributed by atoms with Crippen LogP contribution in [0.2, 0.25) is 0 Å². The molecule has 10 heteroatoms. The molecular formula is C25H29FN6O3. The van der Waals surface area contributed by atoms with E-state index in [4.69, 9.17) is 29.3 Å². The molecule has 0 spiro atoms. The number of aromatic nitrogens is 4. The molecule has 1 aliphatic rings. The molecule has 4 aromatic rings. The lowest BCUT2D eigenvalue weighted by atomic mass is 9.91. The zero-order valence-electron chi connectivity index (χ0n) is 20.3. The predicted molar refractivity (Wildman–Crippen MR) is 131 cm³/mol. The standard InChI is InChI=1S/C25H29FN6O3/c1-14-7-16(12-27-11-14)23-30-24-18-9-19(26)22(35-4)10-20(18)29-25(32(24)31-23)28-13-15-5-6-17(33-2)8-21(15)34-3/h5-6,8-10,14,16,27H,7,11-13H2,1-4H3,(H,28,29)/t14-,16-/m0/s1. The fourth-order valence-electron chi connectivity index (χ4n) is 4.59. The Morgan fingerprint density at radius 3 is 2.63 bits per heavy atom. The summed E-state index contributed by atoms with van der Waals surface area (Å²) in [7, 11) is 4.67. The van der Waals surface area contributed by atoms with E-state index in [1.807, 2.05) is 18.2 Å². The van der Waals surface area contributed by atoms with E-state index in [0.29, 0.717) is 46.5 Å². The van der Waals surface area contributed by atoms with Crippen LogP contribution in [0.15, 0.2) is 30.3 Å². The Bertz CT molecular complexity index is 1370. The Labute approximate surface area is 202 Å². The number of nitrogens with zero attached hydrogens (tertiary/aromatic N) is 4. The fourth-order valence-corrected chi connectivity index (χ4v) is 4.59. The van der Waals surface area contributed by atoms with Crippen LogP contribution in [0.25, 0.3) is 16.6 Å². The molecule has 1 fully saturated rings. The minimum atomic E-state index is -0.468. The monoisotopic (exact) mass is 480 g/mol. The molecule has 0 bridgehead atoms. The summed E-state index contributed by atoms with van der Waals surface area (Å²) in [6.07, 6.45) is 0.989. The first-order valence-electron chi connectivity index (χ1n) is 11.6. The van der Waals surface area contributed by atoms with E-state index in [-0.39, 0.29) is 11.7 Å². The maximum Gasteiger partial charge on any atom is 0.226 e. The second kappa shape index (κ2) is 9.53. The molecule has 2 atom stereocenters. The van der Waals surface area contributed by atoms with Gasteiger partial charge in [0.15, 0.2) is 23.0 Å². The number of piperidine rings is 1. The van der Waals surface area contributed by atoms with Gasteiger partial charge in [0.05, 0.1) is 26.8 Å². The molecule has 0 unspecified atom stereocenters. The molecule has 1 aliphatic heterocycles. The Hall–Kier alpha value is -3.66. The Morgan fingerprint density at radius 1 is 1.06 bits per heavy atom. The van der Waals surface area contributed by atoms with E-state index in [9.17, 15) is 4.39 Å². The summed E-state index contributed by atoms with van der Waals surface area (Å²) >= 11 is 0. The largest absolute Gasteiger partial charge is 0.497 e. The zero-order valence-corrected chi connectivity index (χ0v) is 20.3. The maximum absolute atomic E-state index is 14.6. The van der Waals surface area contributed by atoms with Crippen LogP contribution >= 0.6 is 0 Å². The molecule has 0 aliphatic carbocycles. The highest BCUT2D eigenvalue weighted by Gasteiger charge is 2.25. The molecule has 5 rings (SSSR count). The van der Waals surface area contributed by atoms with Gasteiger partial charge in [-0.15, -0.1) is 5.10 Å². The van der Waals surface area contributed by atoms with Crippen molar-refractivity contribution in [1.82, 2.24) is 24.9 Å². The predicted octanol–water partition coefficient (Wildman–Crippen LogP) is 3.77. The van der Waals surface area contributed by atoms with Crippen molar-refractivity contribution in [2.75, 3.05) is 39.7 Å². The quantitative estimate of drug-likeness (QED) is 0.413. The van der Waals surface area contributed by atoms with Gasteiger partial charge in [-0.25, -0.2) is 14.4 Å². The molecular weight excluding hydrogens is 451 g/mol. The first-order valence-corrected chi connectivity index (χ1v) is 11.6. The molecule has 0 saturated carbocycles. The fraction of sp³-hybridized carbons (Fsp3) is 0.400. The number of fused-ring (bicyclic) bond motifs is 3. The lowest BCUT2D eigenvalue weighted by molar-refractivity contribution is 0.355. The third-order valence-electron chi connectivity index (χ3n) is 6.43. The van der Waals surface area contributed by atoms with Crippen LogP contribution in [0.5, 0.6) is 17.2 Å². The van der Waals surface area contributed by atoms with Gasteiger partial charge in [-0.2, -0.15) is 4.52 Å². The number of ether oxygens (including phenoxy) is 3. The summed E-state index contributed by atoms with van der Waals surface area (Å²) in [5.74, 6) is 2.98. The average Bonchev–Trinajstić information content (AvgIpc) is 3.33. The van der Waals surface area contributed by atoms with Crippen molar-refractivity contribution >= 4 is 22.5 Å². The van der Waals surface area contributed by atoms with Crippen LogP contribution in [-0.4, -0.2) is 54.0 Å². The van der Waals surface area contributed by atoms with Gasteiger partial charge in [0.25, 0.3) is 0 Å². The van der Waals surface area contributed by atoms with Gasteiger partial charge in [0, 0.05) is 42.1 Å². The van der Waals surface area contributed by atoms with E-state index in [0.717, 1.165) is 30.9 Å². The summed E-state index contributed by atoms with van der Waals surface area (Å²) in [6, 6.07) is 8.64. The van der Waals surface area contributed by atoms with E-state index in [1.165, 1.54) is 13.2 Å². The summed E-state index contributed by atoms with van der Waals surface area (Å²) in [6.45, 7) is 4.43. The number of hydrogen-bond donors (Lipinski definition) is 2. The van der Waals surface area contributed by atoms with Crippen molar-refractivity contribution in [3.8, 4) is 17.2 Å². The van der Waals surface area contributed by atoms with Crippen molar-refractivity contribution in [3.05, 3.63) is 47.5 Å². The molecule has 0 radical (unpaired) electrons. The minimum Gasteiger partial charge on any atom is -0.497 e. The normalized spacial score (nSPS) is 18.1. The number of benzene rings is 2. The first kappa shape index (κ1) is 23.1. The second-order valence-electron chi connectivity index (χ2n) is 8.87. The third-order valence-corrected chi connectivity index (χ3v) is 6.43. The van der Waals surface area contributed by atoms with Gasteiger partial charge in [-0.3, -0.25) is 0 Å². The molecule has 35 heavy (non-hydrogen) atoms. The molecule has 0 amide bonds. The van der Waals surface area contributed by atoms with Crippen molar-refractivity contribution in [1.29, 1.82) is 0 Å². The van der Waals surface area contributed by atoms with Crippen LogP contribution in [0.1, 0.15) is 30.7 Å². The third kappa shape index (κ3) is 4.41. The highest BCUT2D eigenvalue weighted by Crippen LogP contribution is 2.31. The lowest BCUT2D eigenvalue weighted by Crippen LogP contribution is -2.34. The minimum absolute atomic E-state index is 0.127. The Kier molecular flexibility index (Phi) is 6.29. The smallest absolute Gasteiger partial charge is 0.226 e. The highest BCUT2D eigenvalue weighted by molar-refractivity contribution is 5.93. The van der Waals surface area contributed by atoms with Gasteiger partial charge < -0.3 is 24.8 Å². The van der Waals surface area contributed by atoms with Crippen molar-refractivity contribution in [3.63, 3.8) is 0 Å². The summed E-state index contributed by atoms with van der Waals surface area (Å²) in [5.41, 5.74) is 2.04. The second-order valence-corrected chi connectivity index (χ2v) is 8.87. The number of halogens is 1. The van der Waals surface area contributed by atoms with Crippen molar-refractivity contribution < 1.29 is 18.6 Å². The maximum atomic E-state index is 14.6. The first-order chi connectivity index (χ1) is 17.0. The number of methoxy groups -OCH3 is 3. The number of nitrogens with one attached hydrogen (secondary N) is 2. The summed E-state index contributed by atoms with van der Waals surface area (Å²) in [5, 5.41) is 12.2. The Balaban J connectivity index is 1.59. The van der Waals surface area contributed by atoms with Crippen LogP contribution in [0, 0.1) is 11.7 Å². The van der Waals surface area contributed by atoms with Crippen LogP contribution in [0.4, 0.5) is 10.3 Å². The highest BCUT2D eigenvalue weighted by atomic mass is 19.1. The topological polar surface area (TPSA) is 94.8 Å². The van der Waals surface area contributed by atoms with E-state index in [1.54, 1.807) is 24.8 Å². The average molecular weight is 481 g/mol. The SMILES string of the molecule is COc1ccc(CNc2nc3cc(OC)c(F)cc3c3nc([C@@H]4CNC[C@@H](C)C4)nn23)c(OC)c1. The molecule has 2 aromatic carbocycles. The van der Waals surface area contributed by atoms with Crippen molar-refractivity contribution in [2.24, 2.45) is 5.92 Å². The summed E-state index contributed by atoms with van der Waals surface area (Å²) in [4.78, 5) is 9.60. The van der Waals surface area contributed by atoms with Crippen LogP contribution in [-0.2, 0) is 6.54 Å². The number of anilines is 1. The number of hydrogen-bond acceptors (Lipinski definition) is 8. The zero-order chi connectivity index (χ0) is 24.5. The van der Waals surface area contributed by atoms with E-state index >= 15 is 0 Å². The molecule has 2 aromatic heterocycles. The van der Waals surface area contributed by atoms with E-state index in [2.05, 4.69) is 17.6 Å². The van der Waals surface area contributed by atoms with Gasteiger partial charge in [0.2, 0.25) is 5.95 Å². The van der Waals surface area contributed by atoms with Gasteiger partial charge in [0.1, 0.15) is 11.5 Å². The van der Waals surface area contributed by atoms with Gasteiger partial charge >= 0.3 is 0 Å². The van der Waals surface area contributed by atoms with Gasteiger partial charge in [-0.1, -0.05) is 6.92 Å². The summed E-state index contributed by atoms with van der Waals surface area (Å²) < 4.78 is 32.3. The Morgan fingerprint density at radius 2 is 1.89 bits per heavy atom. The van der Waals surface area contributed by atoms with E-state index < -0.39 is 5.82 Å². The lowest BCUT2D eigenvalue weighted by Gasteiger charge is -2.25. The number of rotatable bonds is 7. The molecule has 2 N–H and O–H groups in total. The van der Waals surface area contributed by atoms with Crippen LogP contribution in [0.3, 0.4) is 0 Å². The molecule has 9 nitrogen and oxygen atoms in total. The van der Waals surface area contributed by atoms with Gasteiger partial charge in [-0.05, 0) is 37.1 Å². The van der Waals surface area contributed by atoms with Crippen molar-refractivity contribution in [2.45, 2.75) is 25.8 Å². The molecule has 3 heterocycles. The van der Waals surface area contributed by atoms with Crippen LogP contribution < -0.4 is 24.8 Å². The molecule has 1 saturated heterocycles. The molecule has 184 valence electrons.